The van der Waals surface area contributed by atoms with Crippen molar-refractivity contribution in [3.63, 3.8) is 0 Å². The van der Waals surface area contributed by atoms with Gasteiger partial charge in [0.1, 0.15) is 19.0 Å². The topological polar surface area (TPSA) is 181 Å². The second-order valence-corrected chi connectivity index (χ2v) is 13.9. The zero-order valence-corrected chi connectivity index (χ0v) is 27.2. The lowest BCUT2D eigenvalue weighted by molar-refractivity contribution is -0.175. The molecule has 1 amide bonds. The standard InChI is InChI=1S/C32H34FN5O9S/c1-3-32(46-31(42)44-9-6-35-30(41)47-37-7-10-48(43)11-8-37)20-12-24-27-18(14-38(24)28(39)19(20)15-45-29(32)40)25-22(34)5-4-17-16(2)21(33)13-23(36-27)26(17)25/h12-13,22H,3-11,14-15,34H2,1-2H3,(H,35,41)/t22-,32-/m0/s1. The van der Waals surface area contributed by atoms with Gasteiger partial charge in [0, 0.05) is 64.0 Å². The molecule has 3 aliphatic heterocycles. The van der Waals surface area contributed by atoms with Crippen molar-refractivity contribution in [3.05, 3.63) is 61.7 Å². The number of rotatable bonds is 6. The van der Waals surface area contributed by atoms with E-state index in [2.05, 4.69) is 5.32 Å². The summed E-state index contributed by atoms with van der Waals surface area (Å²) in [4.78, 5) is 62.3. The maximum absolute atomic E-state index is 15.0. The highest BCUT2D eigenvalue weighted by Gasteiger charge is 2.51. The number of hydrogen-bond donors (Lipinski definition) is 2. The summed E-state index contributed by atoms with van der Waals surface area (Å²) in [5.41, 5.74) is 8.78. The largest absolute Gasteiger partial charge is 0.509 e. The number of hydrogen-bond acceptors (Lipinski definition) is 12. The minimum absolute atomic E-state index is 0.0794. The zero-order chi connectivity index (χ0) is 33.9. The molecule has 0 spiro atoms. The van der Waals surface area contributed by atoms with E-state index in [1.807, 2.05) is 0 Å². The van der Waals surface area contributed by atoms with Crippen molar-refractivity contribution in [2.24, 2.45) is 5.73 Å². The summed E-state index contributed by atoms with van der Waals surface area (Å²) < 4.78 is 44.2. The van der Waals surface area contributed by atoms with Gasteiger partial charge < -0.3 is 34.7 Å². The molecular formula is C32H34FN5O9S. The van der Waals surface area contributed by atoms with Crippen LogP contribution >= 0.6 is 0 Å². The van der Waals surface area contributed by atoms with Gasteiger partial charge >= 0.3 is 18.2 Å². The van der Waals surface area contributed by atoms with Gasteiger partial charge in [0.05, 0.1) is 35.6 Å². The van der Waals surface area contributed by atoms with Gasteiger partial charge in [-0.3, -0.25) is 9.00 Å². The fourth-order valence-corrected chi connectivity index (χ4v) is 8.09. The number of cyclic esters (lactones) is 1. The van der Waals surface area contributed by atoms with Crippen LogP contribution in [-0.4, -0.2) is 74.8 Å². The number of amides is 1. The van der Waals surface area contributed by atoms with Crippen LogP contribution in [0.4, 0.5) is 14.0 Å². The minimum Gasteiger partial charge on any atom is -0.457 e. The van der Waals surface area contributed by atoms with Crippen LogP contribution in [0, 0.1) is 12.7 Å². The average molecular weight is 684 g/mol. The summed E-state index contributed by atoms with van der Waals surface area (Å²) in [6.07, 6.45) is -0.835. The van der Waals surface area contributed by atoms with Crippen molar-refractivity contribution < 1.29 is 42.0 Å². The lowest BCUT2D eigenvalue weighted by Crippen LogP contribution is -2.47. The maximum Gasteiger partial charge on any atom is 0.509 e. The second kappa shape index (κ2) is 12.2. The molecule has 1 fully saturated rings. The molecule has 254 valence electrons. The number of halogens is 1. The summed E-state index contributed by atoms with van der Waals surface area (Å²) in [7, 11) is -0.928. The molecule has 3 aromatic rings. The highest BCUT2D eigenvalue weighted by Crippen LogP contribution is 2.46. The molecule has 5 heterocycles. The number of aromatic nitrogens is 2. The Balaban J connectivity index is 1.15. The highest BCUT2D eigenvalue weighted by atomic mass is 32.2. The van der Waals surface area contributed by atoms with E-state index in [0.717, 1.165) is 22.1 Å². The Morgan fingerprint density at radius 3 is 2.73 bits per heavy atom. The molecule has 1 aromatic carbocycles. The van der Waals surface area contributed by atoms with Gasteiger partial charge in [-0.05, 0) is 48.9 Å². The summed E-state index contributed by atoms with van der Waals surface area (Å²) in [5, 5.41) is 4.66. The number of carbonyl (C=O) groups is 3. The highest BCUT2D eigenvalue weighted by molar-refractivity contribution is 7.85. The van der Waals surface area contributed by atoms with Gasteiger partial charge in [-0.1, -0.05) is 6.92 Å². The van der Waals surface area contributed by atoms with Gasteiger partial charge in [0.25, 0.3) is 5.56 Å². The van der Waals surface area contributed by atoms with Gasteiger partial charge in [-0.25, -0.2) is 23.8 Å². The van der Waals surface area contributed by atoms with Crippen LogP contribution in [0.15, 0.2) is 16.9 Å². The third kappa shape index (κ3) is 5.22. The number of ether oxygens (including phenoxy) is 3. The van der Waals surface area contributed by atoms with Gasteiger partial charge in [-0.15, -0.1) is 5.06 Å². The molecule has 0 bridgehead atoms. The fraction of sp³-hybridized carbons (Fsp3) is 0.469. The number of esters is 1. The molecule has 0 unspecified atom stereocenters. The van der Waals surface area contributed by atoms with Crippen LogP contribution in [0.3, 0.4) is 0 Å². The van der Waals surface area contributed by atoms with Crippen LogP contribution in [0.2, 0.25) is 0 Å². The minimum atomic E-state index is -2.00. The van der Waals surface area contributed by atoms with Crippen molar-refractivity contribution in [2.45, 2.75) is 57.9 Å². The molecule has 16 heteroatoms. The molecule has 1 saturated heterocycles. The third-order valence-electron chi connectivity index (χ3n) is 9.59. The van der Waals surface area contributed by atoms with Crippen LogP contribution in [-0.2, 0) is 59.8 Å². The SMILES string of the molecule is CC[C@@]1(OC(=O)OCCNC(=O)ON2CCS(=O)CC2)C(=O)OCc2c1cc1n(c2=O)Cc2c-1nc1cc(F)c(C)c3c1c2[C@@H](N)CC3. The van der Waals surface area contributed by atoms with Gasteiger partial charge in [0.15, 0.2) is 0 Å². The molecule has 2 aromatic heterocycles. The number of nitrogens with zero attached hydrogens (tertiary/aromatic N) is 3. The summed E-state index contributed by atoms with van der Waals surface area (Å²) in [6, 6.07) is 2.65. The molecular weight excluding hydrogens is 649 g/mol. The number of hydroxylamine groups is 2. The summed E-state index contributed by atoms with van der Waals surface area (Å²) in [6.45, 7) is 3.47. The van der Waals surface area contributed by atoms with E-state index in [9.17, 15) is 27.8 Å². The first-order chi connectivity index (χ1) is 23.0. The quantitative estimate of drug-likeness (QED) is 0.224. The monoisotopic (exact) mass is 683 g/mol. The van der Waals surface area contributed by atoms with E-state index in [4.69, 9.17) is 29.8 Å². The van der Waals surface area contributed by atoms with Crippen LogP contribution in [0.5, 0.6) is 0 Å². The Bertz CT molecular complexity index is 1970. The second-order valence-electron chi connectivity index (χ2n) is 12.2. The Morgan fingerprint density at radius 1 is 1.21 bits per heavy atom. The molecule has 0 radical (unpaired) electrons. The number of nitrogens with one attached hydrogen (secondary N) is 1. The van der Waals surface area contributed by atoms with Gasteiger partial charge in [0.2, 0.25) is 5.60 Å². The third-order valence-corrected chi connectivity index (χ3v) is 10.9. The predicted octanol–water partition coefficient (Wildman–Crippen LogP) is 2.34. The summed E-state index contributed by atoms with van der Waals surface area (Å²) in [5.74, 6) is -0.442. The van der Waals surface area contributed by atoms with E-state index in [0.29, 0.717) is 59.9 Å². The summed E-state index contributed by atoms with van der Waals surface area (Å²) >= 11 is 0. The molecule has 3 N–H and O–H groups in total. The number of carbonyl (C=O) groups excluding carboxylic acids is 3. The number of fused-ring (bicyclic) bond motifs is 5. The molecule has 4 aliphatic rings. The van der Waals surface area contributed by atoms with E-state index in [-0.39, 0.29) is 55.7 Å². The molecule has 7 rings (SSSR count). The smallest absolute Gasteiger partial charge is 0.457 e. The average Bonchev–Trinajstić information content (AvgIpc) is 3.43. The van der Waals surface area contributed by atoms with E-state index in [1.54, 1.807) is 19.9 Å². The lowest BCUT2D eigenvalue weighted by Gasteiger charge is -2.35. The van der Waals surface area contributed by atoms with Crippen molar-refractivity contribution >= 4 is 39.9 Å². The van der Waals surface area contributed by atoms with E-state index in [1.165, 1.54) is 15.7 Å². The first kappa shape index (κ1) is 32.2. The van der Waals surface area contributed by atoms with E-state index >= 15 is 0 Å². The van der Waals surface area contributed by atoms with Crippen LogP contribution in [0.1, 0.15) is 59.2 Å². The normalized spacial score (nSPS) is 21.6. The van der Waals surface area contributed by atoms with Crippen molar-refractivity contribution in [2.75, 3.05) is 37.7 Å². The molecule has 0 saturated carbocycles. The van der Waals surface area contributed by atoms with Crippen molar-refractivity contribution in [3.8, 4) is 11.4 Å². The van der Waals surface area contributed by atoms with Crippen molar-refractivity contribution in [1.82, 2.24) is 19.9 Å². The Morgan fingerprint density at radius 2 is 1.98 bits per heavy atom. The maximum atomic E-state index is 15.0. The number of benzene rings is 1. The Labute approximate surface area is 276 Å². The molecule has 14 nitrogen and oxygen atoms in total. The van der Waals surface area contributed by atoms with Gasteiger partial charge in [-0.2, -0.15) is 0 Å². The molecule has 48 heavy (non-hydrogen) atoms. The zero-order valence-electron chi connectivity index (χ0n) is 26.4. The van der Waals surface area contributed by atoms with Crippen LogP contribution < -0.4 is 16.6 Å². The first-order valence-corrected chi connectivity index (χ1v) is 17.3. The van der Waals surface area contributed by atoms with Crippen molar-refractivity contribution in [1.29, 1.82) is 0 Å². The number of nitrogens with two attached hydrogens (primary N) is 1. The molecule has 1 aliphatic carbocycles. The molecule has 2 atom stereocenters. The number of pyridine rings is 2. The van der Waals surface area contributed by atoms with Crippen LogP contribution in [0.25, 0.3) is 22.3 Å². The fourth-order valence-electron chi connectivity index (χ4n) is 7.07. The lowest BCUT2D eigenvalue weighted by atomic mass is 9.82. The predicted molar refractivity (Wildman–Crippen MR) is 169 cm³/mol. The van der Waals surface area contributed by atoms with E-state index < -0.39 is 40.2 Å². The number of aryl methyl sites for hydroxylation is 1. The Hall–Kier alpha value is -4.41. The Kier molecular flexibility index (Phi) is 8.20. The first-order valence-electron chi connectivity index (χ1n) is 15.8.